The van der Waals surface area contributed by atoms with Crippen LogP contribution in [0.4, 0.5) is 5.69 Å². The second-order valence-electron chi connectivity index (χ2n) is 4.45. The van der Waals surface area contributed by atoms with Crippen LogP contribution < -0.4 is 10.1 Å². The Morgan fingerprint density at radius 2 is 1.80 bits per heavy atom. The monoisotopic (exact) mass is 399 g/mol. The summed E-state index contributed by atoms with van der Waals surface area (Å²) in [6.45, 7) is 2.56. The van der Waals surface area contributed by atoms with E-state index in [4.69, 9.17) is 4.74 Å². The van der Waals surface area contributed by atoms with Crippen molar-refractivity contribution in [3.63, 3.8) is 0 Å². The molecule has 0 aliphatic carbocycles. The predicted octanol–water partition coefficient (Wildman–Crippen LogP) is 4.85. The summed E-state index contributed by atoms with van der Waals surface area (Å²) in [6, 6.07) is 9.50. The van der Waals surface area contributed by atoms with Crippen LogP contribution in [0, 0.1) is 6.92 Å². The van der Waals surface area contributed by atoms with E-state index in [0.29, 0.717) is 12.3 Å². The fraction of sp³-hybridized carbons (Fsp3) is 0.200. The molecule has 0 amide bonds. The zero-order valence-corrected chi connectivity index (χ0v) is 14.4. The van der Waals surface area contributed by atoms with Crippen molar-refractivity contribution >= 4 is 37.5 Å². The second kappa shape index (κ2) is 6.50. The predicted molar refractivity (Wildman–Crippen MR) is 88.6 cm³/mol. The van der Waals surface area contributed by atoms with Crippen molar-refractivity contribution in [2.75, 3.05) is 12.4 Å². The number of methoxy groups -OCH3 is 1. The number of halogens is 2. The van der Waals surface area contributed by atoms with Gasteiger partial charge in [-0.15, -0.1) is 0 Å². The van der Waals surface area contributed by atoms with Gasteiger partial charge in [-0.2, -0.15) is 0 Å². The molecule has 0 saturated carbocycles. The quantitative estimate of drug-likeness (QED) is 0.721. The van der Waals surface area contributed by atoms with Gasteiger partial charge in [-0.05, 0) is 80.2 Å². The SMILES string of the molecule is COc1c(Br)cc(CNc2ccc(O)c(C)c2)cc1Br. The molecule has 0 aliphatic heterocycles. The van der Waals surface area contributed by atoms with Crippen molar-refractivity contribution in [3.05, 3.63) is 50.4 Å². The Morgan fingerprint density at radius 3 is 2.35 bits per heavy atom. The molecule has 0 unspecified atom stereocenters. The highest BCUT2D eigenvalue weighted by Crippen LogP contribution is 2.34. The summed E-state index contributed by atoms with van der Waals surface area (Å²) in [5.74, 6) is 1.10. The first kappa shape index (κ1) is 15.2. The van der Waals surface area contributed by atoms with Gasteiger partial charge >= 0.3 is 0 Å². The fourth-order valence-electron chi connectivity index (χ4n) is 1.88. The topological polar surface area (TPSA) is 41.5 Å². The van der Waals surface area contributed by atoms with Crippen LogP contribution in [0.15, 0.2) is 39.3 Å². The molecule has 0 fully saturated rings. The Balaban J connectivity index is 2.13. The van der Waals surface area contributed by atoms with Gasteiger partial charge in [0.2, 0.25) is 0 Å². The van der Waals surface area contributed by atoms with Crippen LogP contribution in [-0.2, 0) is 6.54 Å². The summed E-state index contributed by atoms with van der Waals surface area (Å²) >= 11 is 6.98. The molecule has 0 aromatic heterocycles. The molecule has 0 atom stereocenters. The summed E-state index contributed by atoms with van der Waals surface area (Å²) in [4.78, 5) is 0. The lowest BCUT2D eigenvalue weighted by atomic mass is 10.2. The van der Waals surface area contributed by atoms with Gasteiger partial charge in [0.25, 0.3) is 0 Å². The summed E-state index contributed by atoms with van der Waals surface area (Å²) in [7, 11) is 1.64. The van der Waals surface area contributed by atoms with Crippen molar-refractivity contribution < 1.29 is 9.84 Å². The van der Waals surface area contributed by atoms with Crippen LogP contribution in [0.25, 0.3) is 0 Å². The zero-order valence-electron chi connectivity index (χ0n) is 11.2. The van der Waals surface area contributed by atoms with Gasteiger partial charge in [0.1, 0.15) is 11.5 Å². The Kier molecular flexibility index (Phi) is 4.94. The molecule has 20 heavy (non-hydrogen) atoms. The molecule has 106 valence electrons. The van der Waals surface area contributed by atoms with E-state index in [1.165, 1.54) is 0 Å². The summed E-state index contributed by atoms with van der Waals surface area (Å²) in [5.41, 5.74) is 2.95. The number of aromatic hydroxyl groups is 1. The molecule has 0 spiro atoms. The minimum atomic E-state index is 0.311. The maximum Gasteiger partial charge on any atom is 0.147 e. The standard InChI is InChI=1S/C15H15Br2NO2/c1-9-5-11(3-4-14(9)19)18-8-10-6-12(16)15(20-2)13(17)7-10/h3-7,18-19H,8H2,1-2H3. The lowest BCUT2D eigenvalue weighted by molar-refractivity contribution is 0.409. The van der Waals surface area contributed by atoms with Crippen molar-refractivity contribution in [2.24, 2.45) is 0 Å². The van der Waals surface area contributed by atoms with Crippen LogP contribution >= 0.6 is 31.9 Å². The van der Waals surface area contributed by atoms with Crippen LogP contribution in [0.3, 0.4) is 0 Å². The van der Waals surface area contributed by atoms with E-state index in [9.17, 15) is 5.11 Å². The van der Waals surface area contributed by atoms with Gasteiger partial charge in [0, 0.05) is 12.2 Å². The number of hydrogen-bond acceptors (Lipinski definition) is 3. The number of rotatable bonds is 4. The number of ether oxygens (including phenoxy) is 1. The Hall–Kier alpha value is -1.20. The lowest BCUT2D eigenvalue weighted by Crippen LogP contribution is -2.00. The number of nitrogens with one attached hydrogen (secondary N) is 1. The minimum Gasteiger partial charge on any atom is -0.508 e. The molecule has 0 bridgehead atoms. The zero-order chi connectivity index (χ0) is 14.7. The van der Waals surface area contributed by atoms with Gasteiger partial charge in [-0.25, -0.2) is 0 Å². The average molecular weight is 401 g/mol. The molecular formula is C15H15Br2NO2. The van der Waals surface area contributed by atoms with E-state index in [2.05, 4.69) is 37.2 Å². The molecule has 2 aromatic rings. The summed E-state index contributed by atoms with van der Waals surface area (Å²) in [5, 5.41) is 12.8. The van der Waals surface area contributed by atoms with E-state index in [0.717, 1.165) is 31.5 Å². The summed E-state index contributed by atoms with van der Waals surface area (Å²) in [6.07, 6.45) is 0. The lowest BCUT2D eigenvalue weighted by Gasteiger charge is -2.11. The van der Waals surface area contributed by atoms with E-state index >= 15 is 0 Å². The maximum absolute atomic E-state index is 9.51. The van der Waals surface area contributed by atoms with E-state index in [-0.39, 0.29) is 0 Å². The second-order valence-corrected chi connectivity index (χ2v) is 6.16. The number of aryl methyl sites for hydroxylation is 1. The highest BCUT2D eigenvalue weighted by molar-refractivity contribution is 9.11. The Morgan fingerprint density at radius 1 is 1.15 bits per heavy atom. The number of benzene rings is 2. The molecule has 2 rings (SSSR count). The van der Waals surface area contributed by atoms with E-state index in [1.54, 1.807) is 13.2 Å². The Bertz CT molecular complexity index is 606. The largest absolute Gasteiger partial charge is 0.508 e. The molecule has 0 heterocycles. The molecule has 0 aliphatic rings. The molecule has 5 heteroatoms. The number of hydrogen-bond donors (Lipinski definition) is 2. The van der Waals surface area contributed by atoms with E-state index < -0.39 is 0 Å². The smallest absolute Gasteiger partial charge is 0.147 e. The Labute approximate surface area is 135 Å². The number of anilines is 1. The highest BCUT2D eigenvalue weighted by Gasteiger charge is 2.07. The highest BCUT2D eigenvalue weighted by atomic mass is 79.9. The minimum absolute atomic E-state index is 0.311. The molecule has 2 N–H and O–H groups in total. The number of phenols is 1. The van der Waals surface area contributed by atoms with E-state index in [1.807, 2.05) is 31.2 Å². The summed E-state index contributed by atoms with van der Waals surface area (Å²) < 4.78 is 7.10. The first-order valence-electron chi connectivity index (χ1n) is 6.06. The van der Waals surface area contributed by atoms with Crippen LogP contribution in [0.2, 0.25) is 0 Å². The van der Waals surface area contributed by atoms with Crippen molar-refractivity contribution in [1.29, 1.82) is 0 Å². The van der Waals surface area contributed by atoms with Gasteiger partial charge in [0.05, 0.1) is 16.1 Å². The van der Waals surface area contributed by atoms with Crippen LogP contribution in [-0.4, -0.2) is 12.2 Å². The van der Waals surface area contributed by atoms with Gasteiger partial charge in [-0.3, -0.25) is 0 Å². The van der Waals surface area contributed by atoms with Crippen molar-refractivity contribution in [3.8, 4) is 11.5 Å². The molecule has 2 aromatic carbocycles. The molecule has 0 radical (unpaired) electrons. The maximum atomic E-state index is 9.51. The first-order chi connectivity index (χ1) is 9.51. The number of phenolic OH excluding ortho intramolecular Hbond substituents is 1. The van der Waals surface area contributed by atoms with Gasteiger partial charge in [0.15, 0.2) is 0 Å². The third kappa shape index (κ3) is 3.46. The average Bonchev–Trinajstić information content (AvgIpc) is 2.40. The molecular weight excluding hydrogens is 386 g/mol. The first-order valence-corrected chi connectivity index (χ1v) is 7.65. The van der Waals surface area contributed by atoms with Gasteiger partial charge < -0.3 is 15.2 Å². The fourth-order valence-corrected chi connectivity index (χ4v) is 3.48. The van der Waals surface area contributed by atoms with Crippen LogP contribution in [0.5, 0.6) is 11.5 Å². The van der Waals surface area contributed by atoms with Crippen molar-refractivity contribution in [1.82, 2.24) is 0 Å². The normalized spacial score (nSPS) is 10.4. The third-order valence-corrected chi connectivity index (χ3v) is 4.13. The third-order valence-electron chi connectivity index (χ3n) is 2.96. The van der Waals surface area contributed by atoms with Crippen LogP contribution in [0.1, 0.15) is 11.1 Å². The molecule has 3 nitrogen and oxygen atoms in total. The molecule has 0 saturated heterocycles. The van der Waals surface area contributed by atoms with Crippen molar-refractivity contribution in [2.45, 2.75) is 13.5 Å². The van der Waals surface area contributed by atoms with Gasteiger partial charge in [-0.1, -0.05) is 0 Å².